The second kappa shape index (κ2) is 8.51. The Balaban J connectivity index is 1.16. The molecule has 5 rings (SSSR count). The lowest BCUT2D eigenvalue weighted by molar-refractivity contribution is -0.171. The summed E-state index contributed by atoms with van der Waals surface area (Å²) in [5.74, 6) is 1.72. The molecule has 0 radical (unpaired) electrons. The zero-order valence-electron chi connectivity index (χ0n) is 18.6. The van der Waals surface area contributed by atoms with Gasteiger partial charge in [0.1, 0.15) is 0 Å². The minimum absolute atomic E-state index is 0.395. The number of aliphatic imine (C=N–C) groups is 1. The van der Waals surface area contributed by atoms with Crippen molar-refractivity contribution >= 4 is 5.96 Å². The first-order valence-corrected chi connectivity index (χ1v) is 12.2. The van der Waals surface area contributed by atoms with Crippen LogP contribution in [0.5, 0.6) is 0 Å². The molecule has 1 aromatic rings. The number of likely N-dealkylation sites (tertiary alicyclic amines) is 1. The van der Waals surface area contributed by atoms with E-state index in [2.05, 4.69) is 59.7 Å². The summed E-state index contributed by atoms with van der Waals surface area (Å²) in [7, 11) is 0. The molecule has 1 spiro atoms. The zero-order valence-corrected chi connectivity index (χ0v) is 18.6. The highest BCUT2D eigenvalue weighted by Crippen LogP contribution is 2.62. The van der Waals surface area contributed by atoms with Gasteiger partial charge in [0.25, 0.3) is 0 Å². The van der Waals surface area contributed by atoms with E-state index < -0.39 is 0 Å². The molecule has 5 heteroatoms. The van der Waals surface area contributed by atoms with Crippen molar-refractivity contribution in [2.75, 3.05) is 26.2 Å². The molecule has 2 saturated carbocycles. The van der Waals surface area contributed by atoms with Crippen LogP contribution in [0, 0.1) is 11.3 Å². The third kappa shape index (κ3) is 3.54. The standard InChI is InChI=1S/C25H38N4O/c1-3-26-24(28-22-21-12-17-30-23(21)25(22)13-7-14-25)27-20-10-15-29(16-11-20)18(2)19-8-5-4-6-9-19/h4-6,8-9,18,20-23H,3,7,10-17H2,1-2H3,(H2,26,27,28). The van der Waals surface area contributed by atoms with E-state index in [4.69, 9.17) is 9.73 Å². The largest absolute Gasteiger partial charge is 0.377 e. The number of ether oxygens (including phenoxy) is 1. The summed E-state index contributed by atoms with van der Waals surface area (Å²) in [6.07, 6.45) is 8.06. The summed E-state index contributed by atoms with van der Waals surface area (Å²) in [5.41, 5.74) is 1.81. The molecule has 2 aliphatic heterocycles. The third-order valence-corrected chi connectivity index (χ3v) is 8.34. The lowest BCUT2D eigenvalue weighted by atomic mass is 9.46. The normalized spacial score (nSPS) is 32.2. The van der Waals surface area contributed by atoms with Crippen LogP contribution in [-0.2, 0) is 4.74 Å². The van der Waals surface area contributed by atoms with E-state index >= 15 is 0 Å². The van der Waals surface area contributed by atoms with Crippen molar-refractivity contribution in [3.05, 3.63) is 35.9 Å². The van der Waals surface area contributed by atoms with Crippen LogP contribution >= 0.6 is 0 Å². The molecule has 0 amide bonds. The molecule has 2 aliphatic carbocycles. The van der Waals surface area contributed by atoms with Gasteiger partial charge in [-0.05, 0) is 51.5 Å². The quantitative estimate of drug-likeness (QED) is 0.574. The van der Waals surface area contributed by atoms with Gasteiger partial charge in [-0.1, -0.05) is 36.8 Å². The van der Waals surface area contributed by atoms with E-state index in [1.807, 2.05) is 0 Å². The lowest BCUT2D eigenvalue weighted by Crippen LogP contribution is -2.72. The van der Waals surface area contributed by atoms with Crippen LogP contribution < -0.4 is 10.6 Å². The smallest absolute Gasteiger partial charge is 0.191 e. The Morgan fingerprint density at radius 3 is 2.60 bits per heavy atom. The Bertz CT molecular complexity index is 739. The maximum absolute atomic E-state index is 6.10. The van der Waals surface area contributed by atoms with Gasteiger partial charge < -0.3 is 15.4 Å². The van der Waals surface area contributed by atoms with E-state index in [0.717, 1.165) is 32.2 Å². The average molecular weight is 411 g/mol. The molecule has 4 fully saturated rings. The first-order chi connectivity index (χ1) is 14.7. The molecule has 4 unspecified atom stereocenters. The predicted molar refractivity (Wildman–Crippen MR) is 122 cm³/mol. The van der Waals surface area contributed by atoms with Gasteiger partial charge in [0.2, 0.25) is 0 Å². The minimum atomic E-state index is 0.395. The van der Waals surface area contributed by atoms with Crippen LogP contribution in [0.3, 0.4) is 0 Å². The first kappa shape index (κ1) is 20.3. The van der Waals surface area contributed by atoms with Crippen molar-refractivity contribution in [3.8, 4) is 0 Å². The Morgan fingerprint density at radius 1 is 1.17 bits per heavy atom. The Morgan fingerprint density at radius 2 is 1.93 bits per heavy atom. The van der Waals surface area contributed by atoms with Gasteiger partial charge >= 0.3 is 0 Å². The number of hydrogen-bond acceptors (Lipinski definition) is 3. The molecular weight excluding hydrogens is 372 g/mol. The number of piperidine rings is 1. The van der Waals surface area contributed by atoms with Crippen LogP contribution in [-0.4, -0.2) is 55.3 Å². The van der Waals surface area contributed by atoms with E-state index in [0.29, 0.717) is 35.6 Å². The second-order valence-electron chi connectivity index (χ2n) is 9.82. The van der Waals surface area contributed by atoms with Crippen molar-refractivity contribution in [1.29, 1.82) is 0 Å². The molecular formula is C25H38N4O. The zero-order chi connectivity index (χ0) is 20.6. The fraction of sp³-hybridized carbons (Fsp3) is 0.720. The first-order valence-electron chi connectivity index (χ1n) is 12.2. The Labute approximate surface area is 181 Å². The predicted octanol–water partition coefficient (Wildman–Crippen LogP) is 3.72. The average Bonchev–Trinajstić information content (AvgIpc) is 3.16. The Hall–Kier alpha value is -1.59. The highest BCUT2D eigenvalue weighted by molar-refractivity contribution is 5.80. The van der Waals surface area contributed by atoms with Crippen molar-refractivity contribution in [3.63, 3.8) is 0 Å². The number of benzene rings is 1. The number of rotatable bonds is 5. The van der Waals surface area contributed by atoms with Crippen LogP contribution in [0.15, 0.2) is 35.3 Å². The van der Waals surface area contributed by atoms with Gasteiger partial charge in [-0.2, -0.15) is 0 Å². The molecule has 164 valence electrons. The molecule has 4 aliphatic rings. The molecule has 0 bridgehead atoms. The molecule has 2 heterocycles. The topological polar surface area (TPSA) is 48.9 Å². The number of fused-ring (bicyclic) bond motifs is 2. The molecule has 5 nitrogen and oxygen atoms in total. The molecule has 2 saturated heterocycles. The summed E-state index contributed by atoms with van der Waals surface area (Å²) < 4.78 is 6.10. The van der Waals surface area contributed by atoms with Gasteiger partial charge in [0.05, 0.1) is 6.10 Å². The molecule has 1 aromatic carbocycles. The van der Waals surface area contributed by atoms with Crippen LogP contribution in [0.4, 0.5) is 0 Å². The number of guanidine groups is 1. The number of nitrogens with zero attached hydrogens (tertiary/aromatic N) is 2. The van der Waals surface area contributed by atoms with Gasteiger partial charge in [-0.15, -0.1) is 0 Å². The fourth-order valence-corrected chi connectivity index (χ4v) is 6.46. The van der Waals surface area contributed by atoms with Crippen LogP contribution in [0.1, 0.15) is 64.0 Å². The SMILES string of the molecule is CCN=C(NC1CCN(C(C)c2ccccc2)CC1)NC1C2CCOC2C12CCC2. The lowest BCUT2D eigenvalue weighted by Gasteiger charge is -2.63. The molecule has 2 N–H and O–H groups in total. The second-order valence-corrected chi connectivity index (χ2v) is 9.82. The van der Waals surface area contributed by atoms with Crippen molar-refractivity contribution < 1.29 is 4.74 Å². The molecule has 0 aromatic heterocycles. The van der Waals surface area contributed by atoms with E-state index in [1.54, 1.807) is 0 Å². The minimum Gasteiger partial charge on any atom is -0.377 e. The van der Waals surface area contributed by atoms with Gasteiger partial charge in [0.15, 0.2) is 5.96 Å². The monoisotopic (exact) mass is 410 g/mol. The summed E-state index contributed by atoms with van der Waals surface area (Å²) in [4.78, 5) is 7.44. The van der Waals surface area contributed by atoms with Crippen molar-refractivity contribution in [1.82, 2.24) is 15.5 Å². The van der Waals surface area contributed by atoms with Crippen molar-refractivity contribution in [2.24, 2.45) is 16.3 Å². The third-order valence-electron chi connectivity index (χ3n) is 8.34. The molecule has 4 atom stereocenters. The van der Waals surface area contributed by atoms with E-state index in [-0.39, 0.29) is 0 Å². The highest BCUT2D eigenvalue weighted by Gasteiger charge is 2.66. The molecule has 30 heavy (non-hydrogen) atoms. The number of nitrogens with one attached hydrogen (secondary N) is 2. The fourth-order valence-electron chi connectivity index (χ4n) is 6.46. The van der Waals surface area contributed by atoms with Crippen LogP contribution in [0.25, 0.3) is 0 Å². The summed E-state index contributed by atoms with van der Waals surface area (Å²) in [5, 5.41) is 7.66. The van der Waals surface area contributed by atoms with Crippen LogP contribution in [0.2, 0.25) is 0 Å². The summed E-state index contributed by atoms with van der Waals surface area (Å²) in [6.45, 7) is 8.51. The maximum atomic E-state index is 6.10. The highest BCUT2D eigenvalue weighted by atomic mass is 16.5. The summed E-state index contributed by atoms with van der Waals surface area (Å²) >= 11 is 0. The maximum Gasteiger partial charge on any atom is 0.191 e. The number of hydrogen-bond donors (Lipinski definition) is 2. The Kier molecular flexibility index (Phi) is 5.76. The van der Waals surface area contributed by atoms with Gasteiger partial charge in [-0.25, -0.2) is 0 Å². The summed E-state index contributed by atoms with van der Waals surface area (Å²) in [6, 6.07) is 12.4. The van der Waals surface area contributed by atoms with E-state index in [9.17, 15) is 0 Å². The van der Waals surface area contributed by atoms with E-state index in [1.165, 1.54) is 44.1 Å². The van der Waals surface area contributed by atoms with Crippen molar-refractivity contribution in [2.45, 2.75) is 76.6 Å². The van der Waals surface area contributed by atoms with Gasteiger partial charge in [0, 0.05) is 55.7 Å². The van der Waals surface area contributed by atoms with Gasteiger partial charge in [-0.3, -0.25) is 9.89 Å².